The summed E-state index contributed by atoms with van der Waals surface area (Å²) < 4.78 is 12.0. The molecule has 1 N–H and O–H groups in total. The van der Waals surface area contributed by atoms with Gasteiger partial charge in [0.2, 0.25) is 5.91 Å². The van der Waals surface area contributed by atoms with Gasteiger partial charge in [-0.1, -0.05) is 36.4 Å². The van der Waals surface area contributed by atoms with Crippen molar-refractivity contribution in [2.24, 2.45) is 0 Å². The molecule has 2 aromatic heterocycles. The average molecular weight is 477 g/mol. The number of hydrogen-bond donors (Lipinski definition) is 1. The van der Waals surface area contributed by atoms with Gasteiger partial charge in [-0.05, 0) is 69.2 Å². The number of carbonyl (C=O) groups is 1. The molecule has 0 fully saturated rings. The Morgan fingerprint density at radius 1 is 1.03 bits per heavy atom. The molecular formula is C31H28N2O3. The van der Waals surface area contributed by atoms with E-state index in [4.69, 9.17) is 9.15 Å². The second-order valence-corrected chi connectivity index (χ2v) is 8.84. The van der Waals surface area contributed by atoms with Gasteiger partial charge in [0, 0.05) is 39.2 Å². The molecule has 1 amide bonds. The van der Waals surface area contributed by atoms with Crippen LogP contribution in [0.25, 0.3) is 38.6 Å². The molecule has 0 saturated carbocycles. The monoisotopic (exact) mass is 476 g/mol. The molecule has 5 heteroatoms. The van der Waals surface area contributed by atoms with Gasteiger partial charge >= 0.3 is 0 Å². The van der Waals surface area contributed by atoms with Gasteiger partial charge in [0.25, 0.3) is 0 Å². The van der Waals surface area contributed by atoms with E-state index in [2.05, 4.69) is 28.5 Å². The first-order chi connectivity index (χ1) is 17.5. The number of benzene rings is 3. The minimum atomic E-state index is -0.212. The fourth-order valence-corrected chi connectivity index (χ4v) is 4.59. The summed E-state index contributed by atoms with van der Waals surface area (Å²) in [4.78, 5) is 17.7. The molecule has 180 valence electrons. The minimum Gasteiger partial charge on any atom is -0.493 e. The van der Waals surface area contributed by atoms with Crippen molar-refractivity contribution in [3.05, 3.63) is 95.9 Å². The van der Waals surface area contributed by atoms with E-state index in [0.29, 0.717) is 6.61 Å². The molecular weight excluding hydrogens is 448 g/mol. The van der Waals surface area contributed by atoms with E-state index >= 15 is 0 Å². The third-order valence-corrected chi connectivity index (χ3v) is 6.32. The second-order valence-electron chi connectivity index (χ2n) is 8.84. The number of aryl methyl sites for hydroxylation is 2. The van der Waals surface area contributed by atoms with Crippen molar-refractivity contribution >= 4 is 39.0 Å². The van der Waals surface area contributed by atoms with Crippen LogP contribution < -0.4 is 10.1 Å². The summed E-state index contributed by atoms with van der Waals surface area (Å²) in [5.74, 6) is 0.515. The molecule has 0 aliphatic carbocycles. The van der Waals surface area contributed by atoms with Crippen molar-refractivity contribution in [3.63, 3.8) is 0 Å². The highest BCUT2D eigenvalue weighted by Gasteiger charge is 2.19. The zero-order valence-electron chi connectivity index (χ0n) is 20.9. The molecule has 3 aromatic carbocycles. The lowest BCUT2D eigenvalue weighted by molar-refractivity contribution is -0.111. The third kappa shape index (κ3) is 4.36. The van der Waals surface area contributed by atoms with Crippen molar-refractivity contribution in [1.29, 1.82) is 0 Å². The predicted octanol–water partition coefficient (Wildman–Crippen LogP) is 7.71. The van der Waals surface area contributed by atoms with E-state index in [0.717, 1.165) is 66.8 Å². The van der Waals surface area contributed by atoms with Gasteiger partial charge in [-0.15, -0.1) is 0 Å². The van der Waals surface area contributed by atoms with Crippen molar-refractivity contribution in [3.8, 4) is 16.9 Å². The molecule has 0 unspecified atom stereocenters. The molecule has 5 aromatic rings. The summed E-state index contributed by atoms with van der Waals surface area (Å²) in [6.07, 6.45) is 3.40. The zero-order chi connectivity index (χ0) is 25.2. The number of fused-ring (bicyclic) bond motifs is 2. The lowest BCUT2D eigenvalue weighted by Gasteiger charge is -2.15. The Balaban J connectivity index is 1.55. The van der Waals surface area contributed by atoms with Crippen LogP contribution >= 0.6 is 0 Å². The van der Waals surface area contributed by atoms with Gasteiger partial charge in [-0.3, -0.25) is 9.78 Å². The lowest BCUT2D eigenvalue weighted by Crippen LogP contribution is -2.09. The van der Waals surface area contributed by atoms with E-state index in [1.807, 2.05) is 76.2 Å². The minimum absolute atomic E-state index is 0.212. The van der Waals surface area contributed by atoms with Gasteiger partial charge in [-0.25, -0.2) is 0 Å². The molecule has 0 aliphatic rings. The number of amides is 1. The molecule has 0 spiro atoms. The van der Waals surface area contributed by atoms with Gasteiger partial charge in [0.15, 0.2) is 0 Å². The average Bonchev–Trinajstić information content (AvgIpc) is 3.30. The Hall–Kier alpha value is -4.38. The highest BCUT2D eigenvalue weighted by atomic mass is 16.5. The number of hydrogen-bond acceptors (Lipinski definition) is 4. The number of ether oxygens (including phenoxy) is 1. The van der Waals surface area contributed by atoms with Gasteiger partial charge < -0.3 is 14.5 Å². The summed E-state index contributed by atoms with van der Waals surface area (Å²) in [5, 5.41) is 4.92. The highest BCUT2D eigenvalue weighted by Crippen LogP contribution is 2.40. The first-order valence-electron chi connectivity index (χ1n) is 12.0. The summed E-state index contributed by atoms with van der Waals surface area (Å²) in [6.45, 7) is 8.34. The van der Waals surface area contributed by atoms with Gasteiger partial charge in [0.1, 0.15) is 11.3 Å². The van der Waals surface area contributed by atoms with E-state index in [1.54, 1.807) is 12.3 Å². The summed E-state index contributed by atoms with van der Waals surface area (Å²) in [7, 11) is 0. The molecule has 5 rings (SSSR count). The van der Waals surface area contributed by atoms with E-state index in [-0.39, 0.29) is 5.91 Å². The Morgan fingerprint density at radius 3 is 2.61 bits per heavy atom. The smallest absolute Gasteiger partial charge is 0.248 e. The number of nitrogens with one attached hydrogen (secondary N) is 1. The van der Waals surface area contributed by atoms with E-state index < -0.39 is 0 Å². The number of allylic oxidation sites excluding steroid dienone is 1. The van der Waals surface area contributed by atoms with Crippen LogP contribution in [0, 0.1) is 13.8 Å². The molecule has 0 bridgehead atoms. The van der Waals surface area contributed by atoms with Crippen molar-refractivity contribution in [2.75, 3.05) is 11.9 Å². The zero-order valence-corrected chi connectivity index (χ0v) is 20.9. The number of pyridine rings is 1. The largest absolute Gasteiger partial charge is 0.493 e. The Kier molecular flexibility index (Phi) is 6.30. The Labute approximate surface area is 210 Å². The molecule has 0 radical (unpaired) electrons. The summed E-state index contributed by atoms with van der Waals surface area (Å²) in [6, 6.07) is 21.9. The summed E-state index contributed by atoms with van der Waals surface area (Å²) in [5.41, 5.74) is 7.96. The second kappa shape index (κ2) is 9.70. The molecule has 5 nitrogen and oxygen atoms in total. The topological polar surface area (TPSA) is 64.4 Å². The van der Waals surface area contributed by atoms with Crippen LogP contribution in [0.4, 0.5) is 5.69 Å². The van der Waals surface area contributed by atoms with Gasteiger partial charge in [-0.2, -0.15) is 0 Å². The normalized spacial score (nSPS) is 11.7. The number of nitrogens with zero attached hydrogens (tertiary/aromatic N) is 1. The maximum atomic E-state index is 13.1. The van der Waals surface area contributed by atoms with Crippen LogP contribution in [0.1, 0.15) is 30.7 Å². The molecule has 2 heterocycles. The number of carbonyl (C=O) groups excluding carboxylic acids is 1. The number of rotatable bonds is 6. The molecule has 0 saturated heterocycles. The maximum absolute atomic E-state index is 13.1. The van der Waals surface area contributed by atoms with E-state index in [1.165, 1.54) is 0 Å². The van der Waals surface area contributed by atoms with Gasteiger partial charge in [0.05, 0.1) is 24.1 Å². The molecule has 0 aliphatic heterocycles. The van der Waals surface area contributed by atoms with Crippen molar-refractivity contribution in [2.45, 2.75) is 27.7 Å². The summed E-state index contributed by atoms with van der Waals surface area (Å²) >= 11 is 0. The van der Waals surface area contributed by atoms with Crippen molar-refractivity contribution < 1.29 is 13.9 Å². The first kappa shape index (κ1) is 23.4. The molecule has 36 heavy (non-hydrogen) atoms. The van der Waals surface area contributed by atoms with E-state index in [9.17, 15) is 4.79 Å². The first-order valence-corrected chi connectivity index (χ1v) is 12.0. The van der Waals surface area contributed by atoms with Crippen LogP contribution in [0.2, 0.25) is 0 Å². The highest BCUT2D eigenvalue weighted by molar-refractivity contribution is 6.09. The van der Waals surface area contributed by atoms with Crippen molar-refractivity contribution in [1.82, 2.24) is 4.98 Å². The fourth-order valence-electron chi connectivity index (χ4n) is 4.59. The number of anilines is 1. The van der Waals surface area contributed by atoms with Crippen LogP contribution in [0.15, 0.2) is 83.5 Å². The third-order valence-electron chi connectivity index (χ3n) is 6.32. The van der Waals surface area contributed by atoms with Crippen LogP contribution in [0.5, 0.6) is 5.75 Å². The maximum Gasteiger partial charge on any atom is 0.248 e. The quantitative estimate of drug-likeness (QED) is 0.255. The number of aromatic nitrogens is 1. The predicted molar refractivity (Wildman–Crippen MR) is 146 cm³/mol. The fraction of sp³-hybridized carbons (Fsp3) is 0.161. The van der Waals surface area contributed by atoms with Crippen LogP contribution in [-0.2, 0) is 4.79 Å². The standard InChI is InChI=1S/C31H28N2O3/c1-5-35-30-21(4)31-25(26(18-36-31)22-10-7-6-8-11-22)17-24(30)19(2)16-29(34)33-28-13-9-12-27-23(28)15-14-20(3)32-27/h6-18H,5H2,1-4H3,(H,33,34)/b19-16+. The Bertz CT molecular complexity index is 1610. The molecule has 0 atom stereocenters. The lowest BCUT2D eigenvalue weighted by atomic mass is 9.96. The van der Waals surface area contributed by atoms with Crippen LogP contribution in [0.3, 0.4) is 0 Å². The SMILES string of the molecule is CCOc1c(/C(C)=C/C(=O)Nc2cccc3nc(C)ccc23)cc2c(-c3ccccc3)coc2c1C. The number of furan rings is 1. The Morgan fingerprint density at radius 2 is 1.83 bits per heavy atom. The van der Waals surface area contributed by atoms with Crippen LogP contribution in [-0.4, -0.2) is 17.5 Å².